The Labute approximate surface area is 135 Å². The van der Waals surface area contributed by atoms with Crippen LogP contribution in [0.1, 0.15) is 31.8 Å². The molecule has 4 nitrogen and oxygen atoms in total. The van der Waals surface area contributed by atoms with E-state index in [1.165, 1.54) is 12.4 Å². The summed E-state index contributed by atoms with van der Waals surface area (Å²) in [6.45, 7) is 2.21. The van der Waals surface area contributed by atoms with Gasteiger partial charge in [0.15, 0.2) is 0 Å². The van der Waals surface area contributed by atoms with E-state index in [2.05, 4.69) is 4.98 Å². The van der Waals surface area contributed by atoms with Gasteiger partial charge in [0, 0.05) is 25.0 Å². The molecular weight excluding hydrogens is 300 g/mol. The second kappa shape index (κ2) is 8.17. The van der Waals surface area contributed by atoms with Crippen LogP contribution in [-0.2, 0) is 13.1 Å². The lowest BCUT2D eigenvalue weighted by molar-refractivity contribution is 0.0505. The van der Waals surface area contributed by atoms with Crippen molar-refractivity contribution in [3.63, 3.8) is 0 Å². The van der Waals surface area contributed by atoms with E-state index < -0.39 is 6.55 Å². The van der Waals surface area contributed by atoms with Gasteiger partial charge in [-0.3, -0.25) is 9.47 Å². The molecule has 0 bridgehead atoms. The summed E-state index contributed by atoms with van der Waals surface area (Å²) in [5, 5.41) is 9.73. The SMILES string of the molecule is CC(C)C(CO)N(Cc1ccccc1)Cc1nccn1C(F)F. The fourth-order valence-electron chi connectivity index (χ4n) is 2.68. The maximum absolute atomic E-state index is 13.0. The first-order chi connectivity index (χ1) is 11.0. The molecule has 1 heterocycles. The Hall–Kier alpha value is -1.79. The number of nitrogens with zero attached hydrogens (tertiary/aromatic N) is 3. The highest BCUT2D eigenvalue weighted by Crippen LogP contribution is 2.20. The zero-order chi connectivity index (χ0) is 16.8. The molecule has 1 unspecified atom stereocenters. The lowest BCUT2D eigenvalue weighted by Crippen LogP contribution is -2.41. The van der Waals surface area contributed by atoms with Gasteiger partial charge < -0.3 is 5.11 Å². The minimum absolute atomic E-state index is 0.0279. The lowest BCUT2D eigenvalue weighted by Gasteiger charge is -2.33. The summed E-state index contributed by atoms with van der Waals surface area (Å²) >= 11 is 0. The molecule has 2 aromatic rings. The van der Waals surface area contributed by atoms with E-state index in [9.17, 15) is 13.9 Å². The Morgan fingerprint density at radius 3 is 2.43 bits per heavy atom. The maximum atomic E-state index is 13.0. The lowest BCUT2D eigenvalue weighted by atomic mass is 10.0. The Bertz CT molecular complexity index is 587. The van der Waals surface area contributed by atoms with E-state index in [1.807, 2.05) is 49.1 Å². The Morgan fingerprint density at radius 2 is 1.87 bits per heavy atom. The van der Waals surface area contributed by atoms with E-state index >= 15 is 0 Å². The fourth-order valence-corrected chi connectivity index (χ4v) is 2.68. The number of aliphatic hydroxyl groups excluding tert-OH is 1. The van der Waals surface area contributed by atoms with Crippen LogP contribution in [0.3, 0.4) is 0 Å². The van der Waals surface area contributed by atoms with Crippen molar-refractivity contribution in [2.45, 2.75) is 39.5 Å². The van der Waals surface area contributed by atoms with Crippen molar-refractivity contribution in [3.05, 3.63) is 54.1 Å². The number of aliphatic hydroxyl groups is 1. The number of aromatic nitrogens is 2. The van der Waals surface area contributed by atoms with Crippen LogP contribution in [0.2, 0.25) is 0 Å². The van der Waals surface area contributed by atoms with Crippen molar-refractivity contribution in [1.82, 2.24) is 14.5 Å². The van der Waals surface area contributed by atoms with Crippen molar-refractivity contribution in [3.8, 4) is 0 Å². The minimum atomic E-state index is -2.61. The molecule has 1 aromatic carbocycles. The number of rotatable bonds is 8. The predicted molar refractivity (Wildman–Crippen MR) is 84.9 cm³/mol. The van der Waals surface area contributed by atoms with E-state index in [0.717, 1.165) is 10.1 Å². The highest BCUT2D eigenvalue weighted by molar-refractivity contribution is 5.14. The molecule has 1 atom stereocenters. The topological polar surface area (TPSA) is 41.3 Å². The fraction of sp³-hybridized carbons (Fsp3) is 0.471. The third kappa shape index (κ3) is 4.59. The molecule has 0 aliphatic rings. The standard InChI is InChI=1S/C17H23F2N3O/c1-13(2)15(12-23)21(10-14-6-4-3-5-7-14)11-16-20-8-9-22(16)17(18)19/h3-9,13,15,17,23H,10-12H2,1-2H3. The van der Waals surface area contributed by atoms with Crippen molar-refractivity contribution in [2.75, 3.05) is 6.61 Å². The summed E-state index contributed by atoms with van der Waals surface area (Å²) in [4.78, 5) is 6.06. The van der Waals surface area contributed by atoms with Gasteiger partial charge in [-0.15, -0.1) is 0 Å². The molecular formula is C17H23F2N3O. The first-order valence-corrected chi connectivity index (χ1v) is 7.71. The normalized spacial score (nSPS) is 13.2. The second-order valence-corrected chi connectivity index (χ2v) is 5.91. The summed E-state index contributed by atoms with van der Waals surface area (Å²) in [6.07, 6.45) is 2.66. The number of hydrogen-bond donors (Lipinski definition) is 1. The Kier molecular flexibility index (Phi) is 6.24. The first-order valence-electron chi connectivity index (χ1n) is 7.71. The van der Waals surface area contributed by atoms with Crippen LogP contribution in [-0.4, -0.2) is 32.2 Å². The van der Waals surface area contributed by atoms with Gasteiger partial charge in [-0.1, -0.05) is 44.2 Å². The van der Waals surface area contributed by atoms with Crippen LogP contribution >= 0.6 is 0 Å². The number of imidazole rings is 1. The molecule has 1 N–H and O–H groups in total. The zero-order valence-corrected chi connectivity index (χ0v) is 13.4. The molecule has 2 rings (SSSR count). The van der Waals surface area contributed by atoms with E-state index in [0.29, 0.717) is 12.4 Å². The van der Waals surface area contributed by atoms with Crippen molar-refractivity contribution >= 4 is 0 Å². The number of benzene rings is 1. The minimum Gasteiger partial charge on any atom is -0.395 e. The summed E-state index contributed by atoms with van der Waals surface area (Å²) < 4.78 is 26.9. The highest BCUT2D eigenvalue weighted by atomic mass is 19.3. The van der Waals surface area contributed by atoms with E-state index in [-0.39, 0.29) is 25.1 Å². The maximum Gasteiger partial charge on any atom is 0.319 e. The van der Waals surface area contributed by atoms with Gasteiger partial charge in [-0.2, -0.15) is 8.78 Å². The summed E-state index contributed by atoms with van der Waals surface area (Å²) in [7, 11) is 0. The quantitative estimate of drug-likeness (QED) is 0.810. The number of hydrogen-bond acceptors (Lipinski definition) is 3. The summed E-state index contributed by atoms with van der Waals surface area (Å²) in [5.41, 5.74) is 1.07. The first kappa shape index (κ1) is 17.6. The molecule has 0 saturated carbocycles. The van der Waals surface area contributed by atoms with Crippen LogP contribution < -0.4 is 0 Å². The molecule has 1 aromatic heterocycles. The molecule has 0 aliphatic carbocycles. The summed E-state index contributed by atoms with van der Waals surface area (Å²) in [5.74, 6) is 0.494. The molecule has 0 radical (unpaired) electrons. The highest BCUT2D eigenvalue weighted by Gasteiger charge is 2.24. The van der Waals surface area contributed by atoms with Crippen LogP contribution in [0.5, 0.6) is 0 Å². The van der Waals surface area contributed by atoms with Crippen molar-refractivity contribution in [1.29, 1.82) is 0 Å². The molecule has 23 heavy (non-hydrogen) atoms. The smallest absolute Gasteiger partial charge is 0.319 e. The molecule has 6 heteroatoms. The second-order valence-electron chi connectivity index (χ2n) is 5.91. The van der Waals surface area contributed by atoms with Crippen molar-refractivity contribution < 1.29 is 13.9 Å². The molecule has 0 saturated heterocycles. The average Bonchev–Trinajstić information content (AvgIpc) is 2.97. The largest absolute Gasteiger partial charge is 0.395 e. The third-order valence-corrected chi connectivity index (χ3v) is 3.96. The monoisotopic (exact) mass is 323 g/mol. The summed E-state index contributed by atoms with van der Waals surface area (Å²) in [6, 6.07) is 9.66. The average molecular weight is 323 g/mol. The van der Waals surface area contributed by atoms with Crippen LogP contribution in [0.4, 0.5) is 8.78 Å². The number of halogens is 2. The zero-order valence-electron chi connectivity index (χ0n) is 13.4. The van der Waals surface area contributed by atoms with Gasteiger partial charge >= 0.3 is 6.55 Å². The van der Waals surface area contributed by atoms with E-state index in [4.69, 9.17) is 0 Å². The van der Waals surface area contributed by atoms with Crippen LogP contribution in [0.15, 0.2) is 42.7 Å². The van der Waals surface area contributed by atoms with Gasteiger partial charge in [-0.05, 0) is 11.5 Å². The van der Waals surface area contributed by atoms with Crippen LogP contribution in [0.25, 0.3) is 0 Å². The Balaban J connectivity index is 2.24. The predicted octanol–water partition coefficient (Wildman–Crippen LogP) is 3.30. The molecule has 0 spiro atoms. The van der Waals surface area contributed by atoms with Gasteiger partial charge in [0.25, 0.3) is 0 Å². The Morgan fingerprint density at radius 1 is 1.17 bits per heavy atom. The molecule has 0 aliphatic heterocycles. The van der Waals surface area contributed by atoms with Gasteiger partial charge in [-0.25, -0.2) is 4.98 Å². The third-order valence-electron chi connectivity index (χ3n) is 3.96. The van der Waals surface area contributed by atoms with Gasteiger partial charge in [0.2, 0.25) is 0 Å². The van der Waals surface area contributed by atoms with Crippen LogP contribution in [0, 0.1) is 5.92 Å². The molecule has 0 fully saturated rings. The van der Waals surface area contributed by atoms with Crippen molar-refractivity contribution in [2.24, 2.45) is 5.92 Å². The van der Waals surface area contributed by atoms with Gasteiger partial charge in [0.05, 0.1) is 13.2 Å². The van der Waals surface area contributed by atoms with Gasteiger partial charge in [0.1, 0.15) is 5.82 Å². The molecule has 126 valence electrons. The number of alkyl halides is 2. The molecule has 0 amide bonds. The van der Waals surface area contributed by atoms with E-state index in [1.54, 1.807) is 0 Å².